The van der Waals surface area contributed by atoms with E-state index in [9.17, 15) is 10.2 Å². The van der Waals surface area contributed by atoms with Crippen LogP contribution in [0.5, 0.6) is 5.75 Å². The van der Waals surface area contributed by atoms with E-state index in [1.807, 2.05) is 26.0 Å². The number of benzene rings is 1. The van der Waals surface area contributed by atoms with Gasteiger partial charge >= 0.3 is 0 Å². The van der Waals surface area contributed by atoms with Gasteiger partial charge in [0.25, 0.3) is 0 Å². The van der Waals surface area contributed by atoms with Crippen LogP contribution in [0.1, 0.15) is 69.9 Å². The Morgan fingerprint density at radius 3 is 2.62 bits per heavy atom. The van der Waals surface area contributed by atoms with E-state index in [4.69, 9.17) is 9.47 Å². The van der Waals surface area contributed by atoms with Crippen LogP contribution in [0.25, 0.3) is 0 Å². The number of aliphatic hydroxyl groups is 1. The lowest BCUT2D eigenvalue weighted by molar-refractivity contribution is -0.0986. The van der Waals surface area contributed by atoms with Gasteiger partial charge in [0.2, 0.25) is 6.29 Å². The van der Waals surface area contributed by atoms with Gasteiger partial charge in [0, 0.05) is 18.6 Å². The Kier molecular flexibility index (Phi) is 5.68. The first-order valence-corrected chi connectivity index (χ1v) is 11.2. The van der Waals surface area contributed by atoms with Crippen molar-refractivity contribution in [3.05, 3.63) is 29.3 Å². The first-order valence-electron chi connectivity index (χ1n) is 11.2. The van der Waals surface area contributed by atoms with Gasteiger partial charge in [-0.2, -0.15) is 0 Å². The van der Waals surface area contributed by atoms with Crippen LogP contribution in [0, 0.1) is 29.1 Å². The lowest BCUT2D eigenvalue weighted by Crippen LogP contribution is -2.50. The molecule has 0 spiro atoms. The van der Waals surface area contributed by atoms with Gasteiger partial charge in [-0.15, -0.1) is 0 Å². The topological polar surface area (TPSA) is 58.9 Å². The summed E-state index contributed by atoms with van der Waals surface area (Å²) in [5, 5.41) is 21.5. The lowest BCUT2D eigenvalue weighted by atomic mass is 9.53. The number of phenolic OH excluding ortho intramolecular Hbond substituents is 1. The molecule has 2 N–H and O–H groups in total. The summed E-state index contributed by atoms with van der Waals surface area (Å²) in [6, 6.07) is 5.89. The average molecular weight is 399 g/mol. The molecule has 0 amide bonds. The van der Waals surface area contributed by atoms with Crippen molar-refractivity contribution < 1.29 is 19.7 Å². The molecule has 4 rings (SSSR count). The molecular formula is C25H34O4. The van der Waals surface area contributed by atoms with Gasteiger partial charge in [0.1, 0.15) is 11.4 Å². The van der Waals surface area contributed by atoms with Gasteiger partial charge in [-0.25, -0.2) is 0 Å². The molecule has 0 heterocycles. The van der Waals surface area contributed by atoms with Gasteiger partial charge in [-0.05, 0) is 99.3 Å². The molecule has 0 bridgehead atoms. The van der Waals surface area contributed by atoms with E-state index in [1.54, 1.807) is 0 Å². The molecule has 2 fully saturated rings. The smallest absolute Gasteiger partial charge is 0.222 e. The van der Waals surface area contributed by atoms with E-state index < -0.39 is 11.9 Å². The summed E-state index contributed by atoms with van der Waals surface area (Å²) >= 11 is 0. The van der Waals surface area contributed by atoms with Crippen molar-refractivity contribution in [2.45, 2.75) is 77.1 Å². The molecule has 0 aliphatic heterocycles. The van der Waals surface area contributed by atoms with E-state index in [2.05, 4.69) is 24.8 Å². The van der Waals surface area contributed by atoms with Crippen molar-refractivity contribution >= 4 is 0 Å². The zero-order valence-electron chi connectivity index (χ0n) is 17.9. The van der Waals surface area contributed by atoms with Crippen molar-refractivity contribution in [2.24, 2.45) is 17.3 Å². The van der Waals surface area contributed by atoms with E-state index in [0.29, 0.717) is 36.7 Å². The summed E-state index contributed by atoms with van der Waals surface area (Å²) in [6.45, 7) is 7.18. The van der Waals surface area contributed by atoms with Gasteiger partial charge in [0.05, 0.1) is 0 Å². The maximum absolute atomic E-state index is 11.6. The van der Waals surface area contributed by atoms with Crippen LogP contribution in [0.3, 0.4) is 0 Å². The maximum Gasteiger partial charge on any atom is 0.222 e. The highest BCUT2D eigenvalue weighted by Crippen LogP contribution is 2.64. The quantitative estimate of drug-likeness (QED) is 0.584. The molecule has 0 saturated heterocycles. The standard InChI is InChI=1S/C25H34O4/c1-4-28-23(29-5-2)12-15-25(27)14-11-22-21-8-6-17-16-18(26)7-9-19(17)20(21)10-13-24(22,25)3/h7,9,16,20-23,26-27H,4-6,8,10-11,13-14H2,1-3H3/t20-,21-,22+,24+,25-/m1/s1. The molecule has 3 aliphatic carbocycles. The molecule has 0 aromatic heterocycles. The van der Waals surface area contributed by atoms with Crippen LogP contribution >= 0.6 is 0 Å². The minimum Gasteiger partial charge on any atom is -0.508 e. The van der Waals surface area contributed by atoms with Crippen LogP contribution in [-0.2, 0) is 15.9 Å². The largest absolute Gasteiger partial charge is 0.508 e. The predicted octanol–water partition coefficient (Wildman–Crippen LogP) is 4.38. The molecule has 1 aromatic carbocycles. The van der Waals surface area contributed by atoms with Crippen molar-refractivity contribution in [2.75, 3.05) is 13.2 Å². The summed E-state index contributed by atoms with van der Waals surface area (Å²) in [5.74, 6) is 8.25. The fourth-order valence-corrected chi connectivity index (χ4v) is 6.40. The van der Waals surface area contributed by atoms with Gasteiger partial charge < -0.3 is 19.7 Å². The molecule has 3 aliphatic rings. The molecule has 1 aromatic rings. The van der Waals surface area contributed by atoms with E-state index in [1.165, 1.54) is 11.1 Å². The first-order chi connectivity index (χ1) is 13.9. The van der Waals surface area contributed by atoms with Gasteiger partial charge in [-0.1, -0.05) is 18.9 Å². The molecular weight excluding hydrogens is 364 g/mol. The van der Waals surface area contributed by atoms with Crippen LogP contribution in [0.4, 0.5) is 0 Å². The van der Waals surface area contributed by atoms with Crippen LogP contribution in [-0.4, -0.2) is 35.3 Å². The number of aryl methyl sites for hydroxylation is 1. The Morgan fingerprint density at radius 1 is 1.14 bits per heavy atom. The summed E-state index contributed by atoms with van der Waals surface area (Å²) in [6.07, 6.45) is 5.35. The number of phenols is 1. The predicted molar refractivity (Wildman–Crippen MR) is 112 cm³/mol. The normalized spacial score (nSPS) is 35.4. The van der Waals surface area contributed by atoms with Crippen LogP contribution in [0.15, 0.2) is 18.2 Å². The van der Waals surface area contributed by atoms with Crippen LogP contribution in [0.2, 0.25) is 0 Å². The molecule has 2 saturated carbocycles. The van der Waals surface area contributed by atoms with E-state index in [0.717, 1.165) is 38.5 Å². The van der Waals surface area contributed by atoms with E-state index >= 15 is 0 Å². The first kappa shape index (κ1) is 20.7. The zero-order valence-corrected chi connectivity index (χ0v) is 17.9. The number of hydrogen-bond donors (Lipinski definition) is 2. The minimum absolute atomic E-state index is 0.196. The molecule has 158 valence electrons. The molecule has 29 heavy (non-hydrogen) atoms. The molecule has 4 heteroatoms. The Balaban J connectivity index is 1.59. The van der Waals surface area contributed by atoms with Crippen LogP contribution < -0.4 is 0 Å². The highest BCUT2D eigenvalue weighted by atomic mass is 16.7. The third-order valence-corrected chi connectivity index (χ3v) is 7.89. The third-order valence-electron chi connectivity index (χ3n) is 7.89. The number of ether oxygens (including phenoxy) is 2. The number of aromatic hydroxyl groups is 1. The fourth-order valence-electron chi connectivity index (χ4n) is 6.40. The zero-order chi connectivity index (χ0) is 20.6. The monoisotopic (exact) mass is 398 g/mol. The fraction of sp³-hybridized carbons (Fsp3) is 0.680. The molecule has 5 atom stereocenters. The van der Waals surface area contributed by atoms with Gasteiger partial charge in [-0.3, -0.25) is 0 Å². The van der Waals surface area contributed by atoms with Crippen molar-refractivity contribution in [1.29, 1.82) is 0 Å². The lowest BCUT2D eigenvalue weighted by Gasteiger charge is -2.52. The second-order valence-corrected chi connectivity index (χ2v) is 9.17. The Labute approximate surface area is 174 Å². The summed E-state index contributed by atoms with van der Waals surface area (Å²) in [5.41, 5.74) is 1.54. The Bertz CT molecular complexity index is 803. The minimum atomic E-state index is -0.982. The molecule has 0 radical (unpaired) electrons. The maximum atomic E-state index is 11.6. The molecule has 0 unspecified atom stereocenters. The number of rotatable bonds is 4. The highest BCUT2D eigenvalue weighted by Gasteiger charge is 2.61. The van der Waals surface area contributed by atoms with Crippen molar-refractivity contribution in [3.8, 4) is 17.6 Å². The second kappa shape index (κ2) is 7.95. The number of fused-ring (bicyclic) bond motifs is 5. The summed E-state index contributed by atoms with van der Waals surface area (Å²) in [4.78, 5) is 0. The Morgan fingerprint density at radius 2 is 1.90 bits per heavy atom. The third kappa shape index (κ3) is 3.48. The van der Waals surface area contributed by atoms with E-state index in [-0.39, 0.29) is 5.41 Å². The van der Waals surface area contributed by atoms with Gasteiger partial charge in [0.15, 0.2) is 0 Å². The number of hydrogen-bond acceptors (Lipinski definition) is 4. The second-order valence-electron chi connectivity index (χ2n) is 9.17. The SMILES string of the molecule is CCOC(C#C[C@]1(O)CC[C@H]2[C@@H]3CCc4cc(O)ccc4[C@H]3CC[C@@]21C)OCC. The Hall–Kier alpha value is -1.54. The van der Waals surface area contributed by atoms with Crippen molar-refractivity contribution in [3.63, 3.8) is 0 Å². The highest BCUT2D eigenvalue weighted by molar-refractivity contribution is 5.40. The summed E-state index contributed by atoms with van der Waals surface area (Å²) < 4.78 is 11.1. The summed E-state index contributed by atoms with van der Waals surface area (Å²) in [7, 11) is 0. The average Bonchev–Trinajstić information content (AvgIpc) is 2.97. The molecule has 4 nitrogen and oxygen atoms in total. The van der Waals surface area contributed by atoms with Crippen molar-refractivity contribution in [1.82, 2.24) is 0 Å².